The van der Waals surface area contributed by atoms with Crippen LogP contribution in [0.15, 0.2) is 35.7 Å². The Balaban J connectivity index is 1.85. The van der Waals surface area contributed by atoms with Gasteiger partial charge in [-0.15, -0.1) is 0 Å². The second-order valence-corrected chi connectivity index (χ2v) is 15.9. The van der Waals surface area contributed by atoms with Crippen molar-refractivity contribution in [1.82, 2.24) is 4.90 Å². The molecule has 0 aromatic heterocycles. The molecule has 4 heteroatoms. The van der Waals surface area contributed by atoms with E-state index in [4.69, 9.17) is 9.47 Å². The van der Waals surface area contributed by atoms with Crippen LogP contribution in [-0.2, 0) is 11.2 Å². The number of fused-ring (bicyclic) bond motifs is 3. The molecule has 0 heterocycles. The third-order valence-electron chi connectivity index (χ3n) is 11.8. The Morgan fingerprint density at radius 3 is 1.39 bits per heavy atom. The molecule has 2 aliphatic rings. The molecule has 0 spiro atoms. The molecule has 0 radical (unpaired) electrons. The topological polar surface area (TPSA) is 24.9 Å². The van der Waals surface area contributed by atoms with E-state index >= 15 is 0 Å². The number of nitrogens with zero attached hydrogens (tertiary/aromatic N) is 2. The third kappa shape index (κ3) is 15.0. The average molecular weight is 707 g/mol. The number of rotatable bonds is 32. The molecule has 1 aromatic carbocycles. The summed E-state index contributed by atoms with van der Waals surface area (Å²) in [5.74, 6) is 2.93. The molecular formula is C47H82N2O2. The molecule has 2 aliphatic carbocycles. The predicted molar refractivity (Wildman–Crippen MR) is 223 cm³/mol. The predicted octanol–water partition coefficient (Wildman–Crippen LogP) is 13.9. The molecule has 0 aliphatic heterocycles. The molecule has 292 valence electrons. The van der Waals surface area contributed by atoms with E-state index in [1.807, 2.05) is 14.2 Å². The zero-order chi connectivity index (χ0) is 36.5. The number of hydrogen-bond acceptors (Lipinski definition) is 4. The molecule has 4 nitrogen and oxygen atoms in total. The van der Waals surface area contributed by atoms with Crippen molar-refractivity contribution in [3.05, 3.63) is 46.9 Å². The Kier molecular flexibility index (Phi) is 22.6. The van der Waals surface area contributed by atoms with Crippen molar-refractivity contribution in [2.45, 2.75) is 194 Å². The molecule has 2 atom stereocenters. The number of unbranched alkanes of at least 4 members (excludes halogenated alkanes) is 20. The lowest BCUT2D eigenvalue weighted by atomic mass is 9.85. The van der Waals surface area contributed by atoms with Crippen LogP contribution in [0.4, 0.5) is 5.69 Å². The van der Waals surface area contributed by atoms with E-state index < -0.39 is 0 Å². The zero-order valence-electron chi connectivity index (χ0n) is 34.7. The van der Waals surface area contributed by atoms with Gasteiger partial charge < -0.3 is 19.3 Å². The van der Waals surface area contributed by atoms with E-state index in [9.17, 15) is 0 Å². The van der Waals surface area contributed by atoms with Gasteiger partial charge in [0.25, 0.3) is 0 Å². The van der Waals surface area contributed by atoms with Gasteiger partial charge in [0, 0.05) is 55.5 Å². The summed E-state index contributed by atoms with van der Waals surface area (Å²) in [5.41, 5.74) is 5.63. The van der Waals surface area contributed by atoms with E-state index in [-0.39, 0.29) is 0 Å². The minimum Gasteiger partial charge on any atom is -0.501 e. The fourth-order valence-electron chi connectivity index (χ4n) is 8.54. The van der Waals surface area contributed by atoms with E-state index in [0.29, 0.717) is 11.8 Å². The van der Waals surface area contributed by atoms with Crippen molar-refractivity contribution in [3.63, 3.8) is 0 Å². The number of hydrogen-bond donors (Lipinski definition) is 0. The number of allylic oxidation sites excluding steroid dienone is 3. The van der Waals surface area contributed by atoms with Crippen LogP contribution < -0.4 is 9.64 Å². The van der Waals surface area contributed by atoms with Gasteiger partial charge in [0.15, 0.2) is 0 Å². The van der Waals surface area contributed by atoms with Gasteiger partial charge in [-0.05, 0) is 55.4 Å². The summed E-state index contributed by atoms with van der Waals surface area (Å²) in [5, 5.41) is 0. The second kappa shape index (κ2) is 26.6. The van der Waals surface area contributed by atoms with Crippen molar-refractivity contribution in [1.29, 1.82) is 0 Å². The summed E-state index contributed by atoms with van der Waals surface area (Å²) in [6.45, 7) is 13.8. The third-order valence-corrected chi connectivity index (χ3v) is 11.8. The molecule has 0 bridgehead atoms. The summed E-state index contributed by atoms with van der Waals surface area (Å²) in [6, 6.07) is 4.93. The average Bonchev–Trinajstić information content (AvgIpc) is 3.53. The van der Waals surface area contributed by atoms with E-state index in [1.54, 1.807) is 0 Å². The maximum atomic E-state index is 6.24. The van der Waals surface area contributed by atoms with Crippen LogP contribution in [-0.4, -0.2) is 45.3 Å². The highest BCUT2D eigenvalue weighted by Gasteiger charge is 2.39. The molecule has 0 fully saturated rings. The Bertz CT molecular complexity index is 1080. The molecule has 2 unspecified atom stereocenters. The van der Waals surface area contributed by atoms with Gasteiger partial charge in [0.2, 0.25) is 0 Å². The number of benzene rings is 1. The summed E-state index contributed by atoms with van der Waals surface area (Å²) in [6.07, 6.45) is 38.2. The fraction of sp³-hybridized carbons (Fsp3) is 0.787. The van der Waals surface area contributed by atoms with Crippen LogP contribution in [0.3, 0.4) is 0 Å². The van der Waals surface area contributed by atoms with Crippen molar-refractivity contribution in [3.8, 4) is 5.75 Å². The van der Waals surface area contributed by atoms with Crippen molar-refractivity contribution < 1.29 is 9.47 Å². The van der Waals surface area contributed by atoms with Crippen molar-refractivity contribution in [2.75, 3.05) is 45.3 Å². The summed E-state index contributed by atoms with van der Waals surface area (Å²) < 4.78 is 12.4. The van der Waals surface area contributed by atoms with Crippen LogP contribution in [0, 0.1) is 5.92 Å². The van der Waals surface area contributed by atoms with Crippen LogP contribution in [0.2, 0.25) is 0 Å². The summed E-state index contributed by atoms with van der Waals surface area (Å²) in [4.78, 5) is 5.43. The first kappa shape index (κ1) is 43.3. The SMILES string of the molecule is CCCCCCCCN(CCCCCCCC)C1=CC2c3cc(N(CCCCCCCC)CCCCCCCC)cc(OC)c3CC2C(OC)=C1. The minimum absolute atomic E-state index is 0.338. The number of methoxy groups -OCH3 is 2. The first-order valence-corrected chi connectivity index (χ1v) is 22.3. The molecular weight excluding hydrogens is 625 g/mol. The lowest BCUT2D eigenvalue weighted by Gasteiger charge is -2.33. The largest absolute Gasteiger partial charge is 0.501 e. The Morgan fingerprint density at radius 2 is 0.961 bits per heavy atom. The molecule has 0 amide bonds. The Hall–Kier alpha value is -2.10. The quantitative estimate of drug-likeness (QED) is 0.0696. The molecule has 3 rings (SSSR count). The smallest absolute Gasteiger partial charge is 0.124 e. The van der Waals surface area contributed by atoms with Gasteiger partial charge in [-0.2, -0.15) is 0 Å². The highest BCUT2D eigenvalue weighted by atomic mass is 16.5. The van der Waals surface area contributed by atoms with E-state index in [1.165, 1.54) is 177 Å². The van der Waals surface area contributed by atoms with Crippen molar-refractivity contribution >= 4 is 5.69 Å². The van der Waals surface area contributed by atoms with Crippen LogP contribution in [0.25, 0.3) is 0 Å². The molecule has 0 N–H and O–H groups in total. The van der Waals surface area contributed by atoms with Gasteiger partial charge >= 0.3 is 0 Å². The van der Waals surface area contributed by atoms with Gasteiger partial charge in [-0.25, -0.2) is 0 Å². The van der Waals surface area contributed by atoms with Gasteiger partial charge in [0.05, 0.1) is 14.2 Å². The number of anilines is 1. The first-order valence-electron chi connectivity index (χ1n) is 22.3. The lowest BCUT2D eigenvalue weighted by Crippen LogP contribution is -2.28. The number of ether oxygens (including phenoxy) is 2. The van der Waals surface area contributed by atoms with E-state index in [0.717, 1.165) is 44.1 Å². The second-order valence-electron chi connectivity index (χ2n) is 15.9. The van der Waals surface area contributed by atoms with Crippen molar-refractivity contribution in [2.24, 2.45) is 5.92 Å². The molecule has 1 aromatic rings. The zero-order valence-corrected chi connectivity index (χ0v) is 34.7. The summed E-state index contributed by atoms with van der Waals surface area (Å²) in [7, 11) is 3.77. The molecule has 0 saturated heterocycles. The van der Waals surface area contributed by atoms with Gasteiger partial charge in [0.1, 0.15) is 11.5 Å². The van der Waals surface area contributed by atoms with Gasteiger partial charge in [-0.1, -0.05) is 162 Å². The Morgan fingerprint density at radius 1 is 0.529 bits per heavy atom. The van der Waals surface area contributed by atoms with Crippen LogP contribution in [0.1, 0.15) is 199 Å². The fourth-order valence-corrected chi connectivity index (χ4v) is 8.54. The monoisotopic (exact) mass is 707 g/mol. The highest BCUT2D eigenvalue weighted by Crippen LogP contribution is 2.50. The lowest BCUT2D eigenvalue weighted by molar-refractivity contribution is 0.228. The minimum atomic E-state index is 0.338. The maximum Gasteiger partial charge on any atom is 0.124 e. The maximum absolute atomic E-state index is 6.24. The highest BCUT2D eigenvalue weighted by molar-refractivity contribution is 5.62. The van der Waals surface area contributed by atoms with E-state index in [2.05, 4.69) is 61.8 Å². The molecule has 0 saturated carbocycles. The Labute approximate surface area is 317 Å². The molecule has 51 heavy (non-hydrogen) atoms. The van der Waals surface area contributed by atoms with Crippen LogP contribution >= 0.6 is 0 Å². The summed E-state index contributed by atoms with van der Waals surface area (Å²) >= 11 is 0. The normalized spacial score (nSPS) is 16.4. The van der Waals surface area contributed by atoms with Crippen LogP contribution in [0.5, 0.6) is 5.75 Å². The first-order chi connectivity index (χ1) is 25.1. The van der Waals surface area contributed by atoms with Gasteiger partial charge in [-0.3, -0.25) is 0 Å². The standard InChI is InChI=1S/C47H82N2O2/c1-7-11-15-19-23-27-31-48(32-28-24-20-16-12-8-2)40-35-42-43-36-41(38-47(51-6)45(43)39-44(42)46(37-40)50-5)49(33-29-25-21-17-13-9-3)34-30-26-22-18-14-10-4/h35-38,42,44H,7-34,39H2,1-6H3.